The molecule has 30 heavy (non-hydrogen) atoms. The molecule has 0 heterocycles. The smallest absolute Gasteiger partial charge is 0.0140 e. The third-order valence-electron chi connectivity index (χ3n) is 0. The van der Waals surface area contributed by atoms with Crippen molar-refractivity contribution < 1.29 is 0 Å². The summed E-state index contributed by atoms with van der Waals surface area (Å²) in [4.78, 5) is 12.0. The first-order valence-corrected chi connectivity index (χ1v) is 8.05. The third kappa shape index (κ3) is 3860. The molecular formula is C18H60Br6N6. The molecule has 0 amide bonds. The molecule has 0 saturated carbocycles. The Labute approximate surface area is 256 Å². The van der Waals surface area contributed by atoms with E-state index in [1.165, 1.54) is 0 Å². The van der Waals surface area contributed by atoms with Gasteiger partial charge in [0.25, 0.3) is 0 Å². The summed E-state index contributed by atoms with van der Waals surface area (Å²) >= 11 is 0. The van der Waals surface area contributed by atoms with E-state index in [2.05, 4.69) is 0 Å². The monoisotopic (exact) mass is 834 g/mol. The van der Waals surface area contributed by atoms with Crippen LogP contribution in [0.15, 0.2) is 0 Å². The van der Waals surface area contributed by atoms with Crippen LogP contribution < -0.4 is 0 Å². The van der Waals surface area contributed by atoms with Crippen LogP contribution in [0.4, 0.5) is 0 Å². The Morgan fingerprint density at radius 3 is 0.167 bits per heavy atom. The molecule has 0 aliphatic heterocycles. The van der Waals surface area contributed by atoms with Crippen molar-refractivity contribution in [3.63, 3.8) is 0 Å². The molecule has 0 N–H and O–H groups in total. The number of hydrogen-bond donors (Lipinski definition) is 0. The van der Waals surface area contributed by atoms with Crippen molar-refractivity contribution in [2.24, 2.45) is 0 Å². The predicted molar refractivity (Wildman–Crippen MR) is 180 cm³/mol. The molecule has 0 unspecified atom stereocenters. The summed E-state index contributed by atoms with van der Waals surface area (Å²) in [6.45, 7) is 0. The lowest BCUT2D eigenvalue weighted by atomic mass is 11.0. The van der Waals surface area contributed by atoms with Crippen LogP contribution in [-0.4, -0.2) is 156 Å². The summed E-state index contributed by atoms with van der Waals surface area (Å²) < 4.78 is 0. The SMILES string of the molecule is Br.Br.Br.Br.Br.Br.CN(C)C.CN(C)C.CN(C)C.CN(C)C.CN(C)C.CN(C)C. The summed E-state index contributed by atoms with van der Waals surface area (Å²) in [5, 5.41) is 0. The third-order valence-corrected chi connectivity index (χ3v) is 0. The first-order chi connectivity index (χ1) is 10.4. The fourth-order valence-electron chi connectivity index (χ4n) is 0. The number of rotatable bonds is 0. The summed E-state index contributed by atoms with van der Waals surface area (Å²) in [5.41, 5.74) is 0. The molecule has 0 atom stereocenters. The molecule has 0 saturated heterocycles. The van der Waals surface area contributed by atoms with Gasteiger partial charge in [-0.25, -0.2) is 0 Å². The van der Waals surface area contributed by atoms with Gasteiger partial charge in [0.15, 0.2) is 0 Å². The summed E-state index contributed by atoms with van der Waals surface area (Å²) in [7, 11) is 36.0. The maximum absolute atomic E-state index is 2.00. The number of halogens is 6. The lowest BCUT2D eigenvalue weighted by Gasteiger charge is -1.90. The molecular weight excluding hydrogens is 780 g/mol. The van der Waals surface area contributed by atoms with Crippen molar-refractivity contribution in [3.05, 3.63) is 0 Å². The van der Waals surface area contributed by atoms with Gasteiger partial charge in [0, 0.05) is 0 Å². The van der Waals surface area contributed by atoms with E-state index in [1.54, 1.807) is 0 Å². The standard InChI is InChI=1S/6C3H9N.6BrH/c6*1-4(2)3;;;;;;/h6*1-3H3;6*1H. The highest BCUT2D eigenvalue weighted by Gasteiger charge is 1.60. The molecule has 0 rings (SSSR count). The maximum atomic E-state index is 2.00. The zero-order valence-electron chi connectivity index (χ0n) is 23.1. The molecule has 0 radical (unpaired) electrons. The van der Waals surface area contributed by atoms with E-state index in [0.29, 0.717) is 0 Å². The minimum absolute atomic E-state index is 0. The quantitative estimate of drug-likeness (QED) is 0.355. The van der Waals surface area contributed by atoms with E-state index in [4.69, 9.17) is 0 Å². The molecule has 0 spiro atoms. The van der Waals surface area contributed by atoms with Crippen molar-refractivity contribution in [2.45, 2.75) is 0 Å². The van der Waals surface area contributed by atoms with Gasteiger partial charge in [-0.05, 0) is 127 Å². The molecule has 0 bridgehead atoms. The highest BCUT2D eigenvalue weighted by Crippen LogP contribution is 1.49. The molecule has 0 aliphatic rings. The number of nitrogens with zero attached hydrogens (tertiary/aromatic N) is 6. The lowest BCUT2D eigenvalue weighted by molar-refractivity contribution is 0.505. The van der Waals surface area contributed by atoms with Crippen LogP contribution in [0.25, 0.3) is 0 Å². The fraction of sp³-hybridized carbons (Fsp3) is 1.00. The molecule has 0 aromatic carbocycles. The highest BCUT2D eigenvalue weighted by molar-refractivity contribution is 8.93. The van der Waals surface area contributed by atoms with Crippen molar-refractivity contribution in [2.75, 3.05) is 127 Å². The van der Waals surface area contributed by atoms with Crippen molar-refractivity contribution in [1.82, 2.24) is 29.4 Å². The minimum Gasteiger partial charge on any atom is -0.312 e. The van der Waals surface area contributed by atoms with Crippen LogP contribution in [0.2, 0.25) is 0 Å². The molecule has 0 fully saturated rings. The van der Waals surface area contributed by atoms with Crippen LogP contribution in [-0.2, 0) is 0 Å². The Morgan fingerprint density at radius 1 is 0.167 bits per heavy atom. The van der Waals surface area contributed by atoms with Gasteiger partial charge in [-0.15, -0.1) is 102 Å². The van der Waals surface area contributed by atoms with Gasteiger partial charge in [-0.3, -0.25) is 0 Å². The molecule has 204 valence electrons. The first kappa shape index (κ1) is 76.7. The first-order valence-electron chi connectivity index (χ1n) is 8.05. The Morgan fingerprint density at radius 2 is 0.167 bits per heavy atom. The Kier molecular flexibility index (Phi) is 178. The fourth-order valence-corrected chi connectivity index (χ4v) is 0. The van der Waals surface area contributed by atoms with E-state index in [1.807, 2.05) is 156 Å². The van der Waals surface area contributed by atoms with E-state index in [0.717, 1.165) is 0 Å². The van der Waals surface area contributed by atoms with E-state index >= 15 is 0 Å². The van der Waals surface area contributed by atoms with Gasteiger partial charge in [0.1, 0.15) is 0 Å². The molecule has 0 aromatic rings. The van der Waals surface area contributed by atoms with Gasteiger partial charge < -0.3 is 29.4 Å². The van der Waals surface area contributed by atoms with Crippen molar-refractivity contribution >= 4 is 102 Å². The second-order valence-corrected chi connectivity index (χ2v) is 8.05. The minimum atomic E-state index is 0. The van der Waals surface area contributed by atoms with E-state index in [9.17, 15) is 0 Å². The zero-order chi connectivity index (χ0) is 21.5. The van der Waals surface area contributed by atoms with Crippen LogP contribution >= 0.6 is 102 Å². The largest absolute Gasteiger partial charge is 0.312 e. The molecule has 0 aromatic heterocycles. The topological polar surface area (TPSA) is 19.4 Å². The molecule has 12 heteroatoms. The van der Waals surface area contributed by atoms with Gasteiger partial charge in [-0.1, -0.05) is 0 Å². The van der Waals surface area contributed by atoms with Crippen LogP contribution in [0.3, 0.4) is 0 Å². The van der Waals surface area contributed by atoms with Crippen molar-refractivity contribution in [3.8, 4) is 0 Å². The Hall–Kier alpha value is 2.64. The average Bonchev–Trinajstić information content (AvgIpc) is 2.08. The summed E-state index contributed by atoms with van der Waals surface area (Å²) in [6, 6.07) is 0. The van der Waals surface area contributed by atoms with Gasteiger partial charge in [0.05, 0.1) is 0 Å². The van der Waals surface area contributed by atoms with E-state index < -0.39 is 0 Å². The average molecular weight is 840 g/mol. The Balaban J connectivity index is -0.0000000125. The summed E-state index contributed by atoms with van der Waals surface area (Å²) in [6.07, 6.45) is 0. The Bertz CT molecular complexity index is 116. The molecule has 0 aliphatic carbocycles. The number of hydrogen-bond acceptors (Lipinski definition) is 6. The summed E-state index contributed by atoms with van der Waals surface area (Å²) in [5.74, 6) is 0. The van der Waals surface area contributed by atoms with Crippen LogP contribution in [0.1, 0.15) is 0 Å². The van der Waals surface area contributed by atoms with E-state index in [-0.39, 0.29) is 102 Å². The predicted octanol–water partition coefficient (Wildman–Crippen LogP) is 4.53. The second kappa shape index (κ2) is 69.7. The second-order valence-electron chi connectivity index (χ2n) is 8.05. The lowest BCUT2D eigenvalue weighted by Crippen LogP contribution is -1.99. The molecule has 6 nitrogen and oxygen atoms in total. The van der Waals surface area contributed by atoms with Crippen molar-refractivity contribution in [1.29, 1.82) is 0 Å². The zero-order valence-corrected chi connectivity index (χ0v) is 33.4. The van der Waals surface area contributed by atoms with Crippen LogP contribution in [0.5, 0.6) is 0 Å². The van der Waals surface area contributed by atoms with Gasteiger partial charge in [-0.2, -0.15) is 0 Å². The van der Waals surface area contributed by atoms with Crippen LogP contribution in [0, 0.1) is 0 Å². The maximum Gasteiger partial charge on any atom is -0.0140 e. The normalized spacial score (nSPS) is 7.20. The van der Waals surface area contributed by atoms with Gasteiger partial charge in [0.2, 0.25) is 0 Å². The van der Waals surface area contributed by atoms with Gasteiger partial charge >= 0.3 is 0 Å². The highest BCUT2D eigenvalue weighted by atomic mass is 79.9.